The average molecular weight is 494 g/mol. The van der Waals surface area contributed by atoms with E-state index in [0.717, 1.165) is 0 Å². The largest absolute Gasteiger partial charge is 0.462 e. The molecule has 0 atom stereocenters. The molecule has 10 heteroatoms. The maximum Gasteiger partial charge on any atom is 0.338 e. The Kier molecular flexibility index (Phi) is 6.18. The van der Waals surface area contributed by atoms with Gasteiger partial charge in [0.1, 0.15) is 10.6 Å². The van der Waals surface area contributed by atoms with Crippen molar-refractivity contribution >= 4 is 37.6 Å². The molecule has 0 spiro atoms. The summed E-state index contributed by atoms with van der Waals surface area (Å²) in [5, 5.41) is 0. The van der Waals surface area contributed by atoms with E-state index in [1.807, 2.05) is 6.07 Å². The number of sulfonamides is 1. The first kappa shape index (κ1) is 21.8. The molecule has 0 bridgehead atoms. The summed E-state index contributed by atoms with van der Waals surface area (Å²) in [4.78, 5) is 24.7. The second-order valence-corrected chi connectivity index (χ2v) is 8.91. The molecule has 8 nitrogen and oxygen atoms in total. The van der Waals surface area contributed by atoms with Gasteiger partial charge in [-0.25, -0.2) is 17.9 Å². The van der Waals surface area contributed by atoms with Crippen LogP contribution in [0.25, 0.3) is 5.69 Å². The Morgan fingerprint density at radius 3 is 2.43 bits per heavy atom. The van der Waals surface area contributed by atoms with Crippen molar-refractivity contribution in [1.82, 2.24) is 9.36 Å². The van der Waals surface area contributed by atoms with Gasteiger partial charge in [-0.15, -0.1) is 0 Å². The molecule has 2 aromatic carbocycles. The number of para-hydroxylation sites is 1. The molecule has 0 saturated carbocycles. The fraction of sp³-hybridized carbons (Fsp3) is 0.200. The third kappa shape index (κ3) is 4.05. The fourth-order valence-corrected chi connectivity index (χ4v) is 5.13. The van der Waals surface area contributed by atoms with Gasteiger partial charge in [-0.3, -0.25) is 14.2 Å². The van der Waals surface area contributed by atoms with Crippen molar-refractivity contribution in [3.8, 4) is 5.69 Å². The Hall–Kier alpha value is -2.85. The normalized spacial score (nSPS) is 11.3. The zero-order valence-corrected chi connectivity index (χ0v) is 19.0. The van der Waals surface area contributed by atoms with Crippen LogP contribution in [0.3, 0.4) is 0 Å². The number of rotatable bonds is 6. The van der Waals surface area contributed by atoms with Crippen LogP contribution in [0.2, 0.25) is 0 Å². The highest BCUT2D eigenvalue weighted by Gasteiger charge is 2.25. The first-order valence-corrected chi connectivity index (χ1v) is 11.3. The van der Waals surface area contributed by atoms with Crippen molar-refractivity contribution in [3.05, 3.63) is 74.6 Å². The molecule has 1 aromatic heterocycles. The van der Waals surface area contributed by atoms with Crippen LogP contribution in [0, 0.1) is 6.92 Å². The number of halogens is 1. The molecule has 30 heavy (non-hydrogen) atoms. The van der Waals surface area contributed by atoms with Gasteiger partial charge in [0.15, 0.2) is 0 Å². The van der Waals surface area contributed by atoms with Gasteiger partial charge in [0.05, 0.1) is 23.6 Å². The average Bonchev–Trinajstić information content (AvgIpc) is 2.91. The van der Waals surface area contributed by atoms with Gasteiger partial charge in [-0.2, -0.15) is 0 Å². The number of anilines is 1. The molecule has 0 saturated heterocycles. The van der Waals surface area contributed by atoms with Crippen LogP contribution in [0.1, 0.15) is 23.0 Å². The Labute approximate surface area is 182 Å². The van der Waals surface area contributed by atoms with Crippen molar-refractivity contribution in [3.63, 3.8) is 0 Å². The van der Waals surface area contributed by atoms with E-state index >= 15 is 0 Å². The van der Waals surface area contributed by atoms with E-state index in [1.165, 1.54) is 22.9 Å². The van der Waals surface area contributed by atoms with Crippen molar-refractivity contribution < 1.29 is 17.9 Å². The van der Waals surface area contributed by atoms with E-state index in [1.54, 1.807) is 49.8 Å². The number of ether oxygens (including phenoxy) is 1. The van der Waals surface area contributed by atoms with Gasteiger partial charge in [0.2, 0.25) is 0 Å². The lowest BCUT2D eigenvalue weighted by atomic mass is 10.2. The standard InChI is InChI=1S/C20H20BrN3O5S/c1-4-29-20(26)14-10-11-17(16(21)12-14)30(27,28)22-18-13(2)23(3)24(19(18)25)15-8-6-5-7-9-15/h5-12,22H,4H2,1-3H3. The molecule has 0 aliphatic carbocycles. The topological polar surface area (TPSA) is 99.4 Å². The van der Waals surface area contributed by atoms with Crippen LogP contribution >= 0.6 is 15.9 Å². The Morgan fingerprint density at radius 1 is 1.17 bits per heavy atom. The molecule has 0 aliphatic heterocycles. The molecule has 3 aromatic rings. The molecule has 0 fully saturated rings. The van der Waals surface area contributed by atoms with Crippen molar-refractivity contribution in [2.45, 2.75) is 18.7 Å². The minimum Gasteiger partial charge on any atom is -0.462 e. The minimum absolute atomic E-state index is 0.0530. The monoisotopic (exact) mass is 493 g/mol. The molecule has 0 amide bonds. The van der Waals surface area contributed by atoms with Crippen LogP contribution in [0.15, 0.2) is 62.7 Å². The first-order valence-electron chi connectivity index (χ1n) is 9.01. The van der Waals surface area contributed by atoms with E-state index in [-0.39, 0.29) is 27.2 Å². The number of hydrogen-bond donors (Lipinski definition) is 1. The lowest BCUT2D eigenvalue weighted by Crippen LogP contribution is -2.23. The summed E-state index contributed by atoms with van der Waals surface area (Å²) in [5.74, 6) is -0.556. The van der Waals surface area contributed by atoms with Crippen LogP contribution < -0.4 is 10.3 Å². The highest BCUT2D eigenvalue weighted by molar-refractivity contribution is 9.10. The summed E-state index contributed by atoms with van der Waals surface area (Å²) < 4.78 is 36.4. The van der Waals surface area contributed by atoms with E-state index in [4.69, 9.17) is 4.74 Å². The van der Waals surface area contributed by atoms with Crippen molar-refractivity contribution in [1.29, 1.82) is 0 Å². The fourth-order valence-electron chi connectivity index (χ4n) is 2.94. The highest BCUT2D eigenvalue weighted by Crippen LogP contribution is 2.26. The van der Waals surface area contributed by atoms with Gasteiger partial charge in [0, 0.05) is 11.5 Å². The number of carbonyl (C=O) groups excluding carboxylic acids is 1. The summed E-state index contributed by atoms with van der Waals surface area (Å²) in [7, 11) is -2.43. The Balaban J connectivity index is 2.01. The number of aromatic nitrogens is 2. The van der Waals surface area contributed by atoms with Gasteiger partial charge in [-0.1, -0.05) is 18.2 Å². The Morgan fingerprint density at radius 2 is 1.83 bits per heavy atom. The van der Waals surface area contributed by atoms with Gasteiger partial charge >= 0.3 is 5.97 Å². The van der Waals surface area contributed by atoms with E-state index in [9.17, 15) is 18.0 Å². The number of nitrogens with one attached hydrogen (secondary N) is 1. The SMILES string of the molecule is CCOC(=O)c1ccc(S(=O)(=O)Nc2c(C)n(C)n(-c3ccccc3)c2=O)c(Br)c1. The first-order chi connectivity index (χ1) is 14.2. The zero-order valence-electron chi connectivity index (χ0n) is 16.5. The molecular formula is C20H20BrN3O5S. The second-order valence-electron chi connectivity index (χ2n) is 6.41. The lowest BCUT2D eigenvalue weighted by molar-refractivity contribution is 0.0526. The van der Waals surface area contributed by atoms with Gasteiger partial charge in [0.25, 0.3) is 15.6 Å². The molecule has 0 aliphatic rings. The molecule has 1 N–H and O–H groups in total. The maximum absolute atomic E-state index is 13.0. The Bertz CT molecular complexity index is 1260. The van der Waals surface area contributed by atoms with E-state index in [2.05, 4.69) is 20.7 Å². The number of hydrogen-bond acceptors (Lipinski definition) is 5. The van der Waals surface area contributed by atoms with Gasteiger partial charge in [-0.05, 0) is 60.1 Å². The highest BCUT2D eigenvalue weighted by atomic mass is 79.9. The number of esters is 1. The summed E-state index contributed by atoms with van der Waals surface area (Å²) in [6.07, 6.45) is 0. The molecular weight excluding hydrogens is 474 g/mol. The van der Waals surface area contributed by atoms with Crippen LogP contribution in [0.5, 0.6) is 0 Å². The summed E-state index contributed by atoms with van der Waals surface area (Å²) in [6.45, 7) is 3.54. The molecule has 1 heterocycles. The van der Waals surface area contributed by atoms with Crippen LogP contribution in [0.4, 0.5) is 5.69 Å². The molecule has 0 unspecified atom stereocenters. The number of nitrogens with zero attached hydrogens (tertiary/aromatic N) is 2. The number of benzene rings is 2. The third-order valence-electron chi connectivity index (χ3n) is 4.52. The summed E-state index contributed by atoms with van der Waals surface area (Å²) in [5.41, 5.74) is 0.724. The van der Waals surface area contributed by atoms with E-state index in [0.29, 0.717) is 11.4 Å². The summed E-state index contributed by atoms with van der Waals surface area (Å²) in [6, 6.07) is 12.9. The van der Waals surface area contributed by atoms with Crippen LogP contribution in [-0.2, 0) is 21.8 Å². The lowest BCUT2D eigenvalue weighted by Gasteiger charge is -2.10. The predicted octanol–water partition coefficient (Wildman–Crippen LogP) is 3.22. The van der Waals surface area contributed by atoms with Crippen molar-refractivity contribution in [2.24, 2.45) is 7.05 Å². The molecule has 158 valence electrons. The smallest absolute Gasteiger partial charge is 0.338 e. The summed E-state index contributed by atoms with van der Waals surface area (Å²) >= 11 is 3.19. The zero-order chi connectivity index (χ0) is 22.1. The van der Waals surface area contributed by atoms with Crippen molar-refractivity contribution in [2.75, 3.05) is 11.3 Å². The maximum atomic E-state index is 13.0. The predicted molar refractivity (Wildman–Crippen MR) is 117 cm³/mol. The molecule has 3 rings (SSSR count). The quantitative estimate of drug-likeness (QED) is 0.531. The van der Waals surface area contributed by atoms with E-state index < -0.39 is 21.6 Å². The minimum atomic E-state index is -4.11. The van der Waals surface area contributed by atoms with Crippen LogP contribution in [-0.4, -0.2) is 30.4 Å². The van der Waals surface area contributed by atoms with Gasteiger partial charge < -0.3 is 4.74 Å². The second kappa shape index (κ2) is 8.49. The third-order valence-corrected chi connectivity index (χ3v) is 6.85. The molecule has 0 radical (unpaired) electrons. The number of carbonyl (C=O) groups is 1.